The number of fused-ring (bicyclic) bond motifs is 3. The summed E-state index contributed by atoms with van der Waals surface area (Å²) < 4.78 is 5.60. The molecule has 1 aromatic rings. The Morgan fingerprint density at radius 2 is 1.92 bits per heavy atom. The van der Waals surface area contributed by atoms with Crippen LogP contribution in [0.25, 0.3) is 0 Å². The van der Waals surface area contributed by atoms with Crippen LogP contribution in [0.4, 0.5) is 0 Å². The van der Waals surface area contributed by atoms with E-state index in [1.165, 1.54) is 11.1 Å². The zero-order valence-corrected chi connectivity index (χ0v) is 15.8. The molecule has 3 unspecified atom stereocenters. The van der Waals surface area contributed by atoms with Gasteiger partial charge in [0.1, 0.15) is 11.5 Å². The Morgan fingerprint density at radius 3 is 2.50 bits per heavy atom. The van der Waals surface area contributed by atoms with E-state index in [2.05, 4.69) is 40.7 Å². The molecule has 0 aliphatic heterocycles. The zero-order valence-electron chi connectivity index (χ0n) is 15.8. The lowest BCUT2D eigenvalue weighted by molar-refractivity contribution is -0.145. The first kappa shape index (κ1) is 17.5. The van der Waals surface area contributed by atoms with Crippen LogP contribution in [0.2, 0.25) is 0 Å². The molecule has 0 radical (unpaired) electrons. The lowest BCUT2D eigenvalue weighted by Gasteiger charge is -2.55. The summed E-state index contributed by atoms with van der Waals surface area (Å²) in [6.45, 7) is 10.7. The van der Waals surface area contributed by atoms with Crippen molar-refractivity contribution in [3.63, 3.8) is 0 Å². The Labute approximate surface area is 145 Å². The van der Waals surface area contributed by atoms with Crippen LogP contribution < -0.4 is 4.74 Å². The third kappa shape index (κ3) is 2.17. The molecule has 3 rings (SSSR count). The second kappa shape index (κ2) is 5.59. The van der Waals surface area contributed by atoms with Crippen molar-refractivity contribution in [3.8, 4) is 5.75 Å². The number of ether oxygens (including phenoxy) is 1. The van der Waals surface area contributed by atoms with Gasteiger partial charge in [-0.05, 0) is 54.2 Å². The number of methoxy groups -OCH3 is 1. The van der Waals surface area contributed by atoms with Gasteiger partial charge in [-0.25, -0.2) is 0 Å². The van der Waals surface area contributed by atoms with E-state index in [1.54, 1.807) is 7.11 Å². The number of aliphatic hydroxyl groups is 1. The fourth-order valence-electron chi connectivity index (χ4n) is 5.32. The second-order valence-corrected chi connectivity index (χ2v) is 8.62. The summed E-state index contributed by atoms with van der Waals surface area (Å²) in [5.41, 5.74) is 2.94. The van der Waals surface area contributed by atoms with E-state index in [1.807, 2.05) is 6.07 Å². The predicted molar refractivity (Wildman–Crippen MR) is 95.7 cm³/mol. The molecule has 0 aromatic heterocycles. The Hall–Kier alpha value is -1.35. The van der Waals surface area contributed by atoms with Crippen LogP contribution in [0, 0.1) is 11.3 Å². The number of ketones is 1. The van der Waals surface area contributed by atoms with Gasteiger partial charge in [-0.15, -0.1) is 0 Å². The largest absolute Gasteiger partial charge is 0.496 e. The Bertz CT molecular complexity index is 674. The van der Waals surface area contributed by atoms with E-state index in [0.717, 1.165) is 24.2 Å². The average molecular weight is 330 g/mol. The first-order valence-corrected chi connectivity index (χ1v) is 9.07. The van der Waals surface area contributed by atoms with E-state index in [0.29, 0.717) is 5.92 Å². The Morgan fingerprint density at radius 1 is 1.25 bits per heavy atom. The second-order valence-electron chi connectivity index (χ2n) is 8.62. The number of benzene rings is 1. The molecule has 0 bridgehead atoms. The molecule has 0 heterocycles. The summed E-state index contributed by atoms with van der Waals surface area (Å²) in [7, 11) is 1.71. The van der Waals surface area contributed by atoms with Gasteiger partial charge in [0.25, 0.3) is 0 Å². The minimum absolute atomic E-state index is 0.169. The zero-order chi connectivity index (χ0) is 17.9. The van der Waals surface area contributed by atoms with Crippen molar-refractivity contribution in [3.05, 3.63) is 28.8 Å². The van der Waals surface area contributed by atoms with Crippen molar-refractivity contribution in [2.75, 3.05) is 7.11 Å². The molecule has 1 fully saturated rings. The van der Waals surface area contributed by atoms with Crippen LogP contribution in [0.5, 0.6) is 5.75 Å². The van der Waals surface area contributed by atoms with Crippen LogP contribution in [0.3, 0.4) is 0 Å². The lowest BCUT2D eigenvalue weighted by Crippen LogP contribution is -2.58. The van der Waals surface area contributed by atoms with E-state index >= 15 is 0 Å². The van der Waals surface area contributed by atoms with E-state index in [4.69, 9.17) is 4.74 Å². The molecule has 0 amide bonds. The van der Waals surface area contributed by atoms with Crippen molar-refractivity contribution in [2.24, 2.45) is 11.3 Å². The van der Waals surface area contributed by atoms with Gasteiger partial charge in [0, 0.05) is 12.0 Å². The normalized spacial score (nSPS) is 31.6. The van der Waals surface area contributed by atoms with Crippen LogP contribution in [-0.4, -0.2) is 24.1 Å². The number of aliphatic hydroxyl groups excluding tert-OH is 1. The smallest absolute Gasteiger partial charge is 0.146 e. The first-order valence-electron chi connectivity index (χ1n) is 9.07. The van der Waals surface area contributed by atoms with Gasteiger partial charge in [0.15, 0.2) is 0 Å². The van der Waals surface area contributed by atoms with Gasteiger partial charge in [-0.1, -0.05) is 33.8 Å². The fourth-order valence-corrected chi connectivity index (χ4v) is 5.32. The molecular weight excluding hydrogens is 300 g/mol. The quantitative estimate of drug-likeness (QED) is 0.891. The molecule has 1 N–H and O–H groups in total. The van der Waals surface area contributed by atoms with Crippen LogP contribution in [0.1, 0.15) is 70.1 Å². The van der Waals surface area contributed by atoms with Crippen molar-refractivity contribution in [1.82, 2.24) is 0 Å². The Balaban J connectivity index is 2.24. The highest BCUT2D eigenvalue weighted by molar-refractivity contribution is 5.92. The molecule has 0 spiro atoms. The lowest BCUT2D eigenvalue weighted by atomic mass is 9.48. The molecular formula is C21H30O3. The maximum absolute atomic E-state index is 13.1. The highest BCUT2D eigenvalue weighted by atomic mass is 16.5. The number of carbonyl (C=O) groups is 1. The summed E-state index contributed by atoms with van der Waals surface area (Å²) >= 11 is 0. The SMILES string of the molecule is COc1ccc2c(c1C(C)C)CCC1C2(C)C(=O)CC(O)C1(C)C. The van der Waals surface area contributed by atoms with Crippen LogP contribution >= 0.6 is 0 Å². The minimum atomic E-state index is -0.549. The van der Waals surface area contributed by atoms with E-state index in [9.17, 15) is 9.90 Å². The molecule has 3 nitrogen and oxygen atoms in total. The summed E-state index contributed by atoms with van der Waals surface area (Å²) in [5.74, 6) is 1.63. The molecule has 1 aromatic carbocycles. The third-order valence-corrected chi connectivity index (χ3v) is 6.77. The number of carbonyl (C=O) groups excluding carboxylic acids is 1. The molecule has 2 aliphatic rings. The molecule has 2 aliphatic carbocycles. The maximum Gasteiger partial charge on any atom is 0.146 e. The molecule has 3 heteroatoms. The first-order chi connectivity index (χ1) is 11.2. The van der Waals surface area contributed by atoms with Crippen molar-refractivity contribution >= 4 is 5.78 Å². The fraction of sp³-hybridized carbons (Fsp3) is 0.667. The van der Waals surface area contributed by atoms with Gasteiger partial charge in [0.2, 0.25) is 0 Å². The minimum Gasteiger partial charge on any atom is -0.496 e. The van der Waals surface area contributed by atoms with Crippen molar-refractivity contribution < 1.29 is 14.6 Å². The van der Waals surface area contributed by atoms with Gasteiger partial charge in [-0.2, -0.15) is 0 Å². The van der Waals surface area contributed by atoms with Crippen LogP contribution in [-0.2, 0) is 16.6 Å². The van der Waals surface area contributed by atoms with E-state index in [-0.39, 0.29) is 23.5 Å². The van der Waals surface area contributed by atoms with Gasteiger partial charge in [-0.3, -0.25) is 4.79 Å². The summed E-state index contributed by atoms with van der Waals surface area (Å²) in [5, 5.41) is 10.5. The maximum atomic E-state index is 13.1. The molecule has 3 atom stereocenters. The molecule has 0 saturated heterocycles. The van der Waals surface area contributed by atoms with Gasteiger partial charge in [0.05, 0.1) is 18.6 Å². The Kier molecular flexibility index (Phi) is 4.07. The van der Waals surface area contributed by atoms with Gasteiger partial charge >= 0.3 is 0 Å². The number of rotatable bonds is 2. The predicted octanol–water partition coefficient (Wildman–Crippen LogP) is 4.00. The van der Waals surface area contributed by atoms with Gasteiger partial charge < -0.3 is 9.84 Å². The monoisotopic (exact) mass is 330 g/mol. The number of hydrogen-bond donors (Lipinski definition) is 1. The van der Waals surface area contributed by atoms with Crippen molar-refractivity contribution in [1.29, 1.82) is 0 Å². The molecule has 24 heavy (non-hydrogen) atoms. The third-order valence-electron chi connectivity index (χ3n) is 6.77. The highest BCUT2D eigenvalue weighted by Crippen LogP contribution is 2.56. The number of Topliss-reactive ketones (excluding diaryl/α,β-unsaturated/α-hetero) is 1. The standard InChI is InChI=1S/C21H30O3/c1-12(2)19-13-7-10-16-20(3,4)17(22)11-18(23)21(16,5)14(13)8-9-15(19)24-6/h8-9,12,16-17,22H,7,10-11H2,1-6H3. The van der Waals surface area contributed by atoms with E-state index < -0.39 is 11.5 Å². The van der Waals surface area contributed by atoms with Crippen molar-refractivity contribution in [2.45, 2.75) is 71.3 Å². The van der Waals surface area contributed by atoms with Crippen LogP contribution in [0.15, 0.2) is 12.1 Å². The average Bonchev–Trinajstić information content (AvgIpc) is 2.52. The topological polar surface area (TPSA) is 46.5 Å². The summed E-state index contributed by atoms with van der Waals surface area (Å²) in [4.78, 5) is 13.1. The molecule has 1 saturated carbocycles. The summed E-state index contributed by atoms with van der Waals surface area (Å²) in [6, 6.07) is 4.12. The highest BCUT2D eigenvalue weighted by Gasteiger charge is 2.58. The molecule has 132 valence electrons. The summed E-state index contributed by atoms with van der Waals surface area (Å²) in [6.07, 6.45) is 1.59. The number of hydrogen-bond acceptors (Lipinski definition) is 3.